The Kier molecular flexibility index (Phi) is 5.88. The minimum atomic E-state index is -0.0655. The van der Waals surface area contributed by atoms with Crippen LogP contribution < -0.4 is 5.32 Å². The first-order chi connectivity index (χ1) is 12.7. The van der Waals surface area contributed by atoms with Crippen LogP contribution >= 0.6 is 34.4 Å². The second-order valence-corrected chi connectivity index (χ2v) is 10.4. The van der Waals surface area contributed by atoms with Gasteiger partial charge in [-0.1, -0.05) is 39.5 Å². The van der Waals surface area contributed by atoms with Crippen molar-refractivity contribution in [2.45, 2.75) is 58.4 Å². The Bertz CT molecular complexity index is 985. The summed E-state index contributed by atoms with van der Waals surface area (Å²) in [5.41, 5.74) is 2.17. The van der Waals surface area contributed by atoms with E-state index in [9.17, 15) is 4.79 Å². The van der Waals surface area contributed by atoms with Crippen LogP contribution in [0.4, 0.5) is 5.13 Å². The summed E-state index contributed by atoms with van der Waals surface area (Å²) in [6.45, 7) is 12.6. The van der Waals surface area contributed by atoms with Gasteiger partial charge in [0.05, 0.1) is 11.4 Å². The molecule has 0 fully saturated rings. The number of nitrogens with one attached hydrogen (secondary N) is 1. The van der Waals surface area contributed by atoms with Crippen molar-refractivity contribution >= 4 is 55.7 Å². The van der Waals surface area contributed by atoms with Crippen LogP contribution in [0.15, 0.2) is 10.4 Å². The minimum Gasteiger partial charge on any atom is -0.301 e. The molecule has 0 atom stereocenters. The van der Waals surface area contributed by atoms with E-state index in [2.05, 4.69) is 54.9 Å². The van der Waals surface area contributed by atoms with Crippen molar-refractivity contribution in [1.82, 2.24) is 15.0 Å². The Morgan fingerprint density at radius 2 is 1.96 bits per heavy atom. The van der Waals surface area contributed by atoms with Gasteiger partial charge in [-0.25, -0.2) is 15.0 Å². The summed E-state index contributed by atoms with van der Waals surface area (Å²) in [4.78, 5) is 28.5. The molecular formula is C19H24N4OS3. The van der Waals surface area contributed by atoms with Gasteiger partial charge in [-0.05, 0) is 19.4 Å². The summed E-state index contributed by atoms with van der Waals surface area (Å²) in [6.07, 6.45) is 0.778. The predicted molar refractivity (Wildman–Crippen MR) is 116 cm³/mol. The van der Waals surface area contributed by atoms with Gasteiger partial charge in [0, 0.05) is 27.5 Å². The lowest BCUT2D eigenvalue weighted by molar-refractivity contribution is -0.113. The second kappa shape index (κ2) is 7.85. The van der Waals surface area contributed by atoms with Crippen molar-refractivity contribution in [3.05, 3.63) is 27.3 Å². The maximum absolute atomic E-state index is 12.4. The van der Waals surface area contributed by atoms with Gasteiger partial charge in [-0.15, -0.1) is 22.7 Å². The predicted octanol–water partition coefficient (Wildman–Crippen LogP) is 5.36. The highest BCUT2D eigenvalue weighted by atomic mass is 32.2. The van der Waals surface area contributed by atoms with E-state index in [0.717, 1.165) is 33.2 Å². The molecule has 3 aromatic heterocycles. The zero-order valence-electron chi connectivity index (χ0n) is 16.5. The molecule has 0 saturated carbocycles. The zero-order chi connectivity index (χ0) is 19.8. The molecule has 3 rings (SSSR count). The largest absolute Gasteiger partial charge is 0.301 e. The van der Waals surface area contributed by atoms with Gasteiger partial charge in [0.1, 0.15) is 15.7 Å². The number of aromatic nitrogens is 3. The van der Waals surface area contributed by atoms with E-state index in [1.165, 1.54) is 33.5 Å². The average Bonchev–Trinajstić information content (AvgIpc) is 3.17. The molecule has 144 valence electrons. The molecule has 5 nitrogen and oxygen atoms in total. The summed E-state index contributed by atoms with van der Waals surface area (Å²) < 4.78 is 0. The van der Waals surface area contributed by atoms with E-state index in [4.69, 9.17) is 0 Å². The zero-order valence-corrected chi connectivity index (χ0v) is 18.9. The normalized spacial score (nSPS) is 11.9. The topological polar surface area (TPSA) is 67.8 Å². The SMILES string of the molecule is CCc1nc(SCC(=O)Nc2nc(C(C)(C)C)cs2)c2c(C)c(C)sc2n1. The molecule has 8 heteroatoms. The molecule has 0 radical (unpaired) electrons. The van der Waals surface area contributed by atoms with Gasteiger partial charge in [0.2, 0.25) is 5.91 Å². The highest BCUT2D eigenvalue weighted by molar-refractivity contribution is 8.00. The van der Waals surface area contributed by atoms with Crippen LogP contribution in [0.2, 0.25) is 0 Å². The fourth-order valence-electron chi connectivity index (χ4n) is 2.48. The Hall–Kier alpha value is -1.51. The quantitative estimate of drug-likeness (QED) is 0.445. The van der Waals surface area contributed by atoms with Gasteiger partial charge in [-0.2, -0.15) is 0 Å². The molecule has 0 bridgehead atoms. The van der Waals surface area contributed by atoms with Gasteiger partial charge < -0.3 is 5.32 Å². The number of thiophene rings is 1. The number of nitrogens with zero attached hydrogens (tertiary/aromatic N) is 3. The lowest BCUT2D eigenvalue weighted by atomic mass is 9.93. The minimum absolute atomic E-state index is 0.0221. The first kappa shape index (κ1) is 20.2. The maximum atomic E-state index is 12.4. The van der Waals surface area contributed by atoms with Gasteiger partial charge >= 0.3 is 0 Å². The summed E-state index contributed by atoms with van der Waals surface area (Å²) in [7, 11) is 0. The number of hydrogen-bond acceptors (Lipinski definition) is 7. The number of thioether (sulfide) groups is 1. The van der Waals surface area contributed by atoms with Crippen LogP contribution in [-0.2, 0) is 16.6 Å². The van der Waals surface area contributed by atoms with Crippen molar-refractivity contribution < 1.29 is 4.79 Å². The second-order valence-electron chi connectivity index (χ2n) is 7.39. The van der Waals surface area contributed by atoms with Crippen molar-refractivity contribution in [3.8, 4) is 0 Å². The number of aryl methyl sites for hydroxylation is 3. The average molecular weight is 421 g/mol. The third-order valence-corrected chi connectivity index (χ3v) is 7.05. The third kappa shape index (κ3) is 4.50. The molecule has 0 aromatic carbocycles. The van der Waals surface area contributed by atoms with E-state index < -0.39 is 0 Å². The molecule has 0 aliphatic carbocycles. The van der Waals surface area contributed by atoms with Crippen LogP contribution in [0, 0.1) is 13.8 Å². The first-order valence-electron chi connectivity index (χ1n) is 8.84. The molecule has 1 amide bonds. The van der Waals surface area contributed by atoms with Crippen LogP contribution in [0.1, 0.15) is 49.7 Å². The van der Waals surface area contributed by atoms with Crippen LogP contribution in [0.3, 0.4) is 0 Å². The summed E-state index contributed by atoms with van der Waals surface area (Å²) in [5.74, 6) is 1.05. The maximum Gasteiger partial charge on any atom is 0.236 e. The standard InChI is InChI=1S/C19H24N4OS3/c1-7-13-21-16(15-10(2)11(3)27-17(15)22-13)25-9-14(24)23-18-20-12(8-26-18)19(4,5)6/h8H,7,9H2,1-6H3,(H,20,23,24). The van der Waals surface area contributed by atoms with Gasteiger partial charge in [-0.3, -0.25) is 4.79 Å². The monoisotopic (exact) mass is 420 g/mol. The lowest BCUT2D eigenvalue weighted by Crippen LogP contribution is -2.15. The summed E-state index contributed by atoms with van der Waals surface area (Å²) >= 11 is 4.62. The van der Waals surface area contributed by atoms with Gasteiger partial charge in [0.25, 0.3) is 0 Å². The number of anilines is 1. The fourth-order valence-corrected chi connectivity index (χ4v) is 5.45. The number of thiazole rings is 1. The van der Waals surface area contributed by atoms with E-state index in [-0.39, 0.29) is 11.3 Å². The van der Waals surface area contributed by atoms with E-state index in [1.807, 2.05) is 12.3 Å². The van der Waals surface area contributed by atoms with Crippen molar-refractivity contribution in [2.24, 2.45) is 0 Å². The first-order valence-corrected chi connectivity index (χ1v) is 11.5. The molecule has 0 aliphatic heterocycles. The molecule has 27 heavy (non-hydrogen) atoms. The Labute approximate surface area is 172 Å². The molecule has 0 unspecified atom stereocenters. The number of carbonyl (C=O) groups excluding carboxylic acids is 1. The smallest absolute Gasteiger partial charge is 0.236 e. The van der Waals surface area contributed by atoms with Crippen molar-refractivity contribution in [3.63, 3.8) is 0 Å². The Morgan fingerprint density at radius 3 is 2.59 bits per heavy atom. The Morgan fingerprint density at radius 1 is 1.22 bits per heavy atom. The molecule has 3 heterocycles. The molecule has 0 spiro atoms. The van der Waals surface area contributed by atoms with Crippen LogP contribution in [0.5, 0.6) is 0 Å². The number of rotatable bonds is 5. The number of carbonyl (C=O) groups is 1. The van der Waals surface area contributed by atoms with Crippen LogP contribution in [-0.4, -0.2) is 26.6 Å². The van der Waals surface area contributed by atoms with Crippen molar-refractivity contribution in [1.29, 1.82) is 0 Å². The lowest BCUT2D eigenvalue weighted by Gasteiger charge is -2.14. The molecule has 0 saturated heterocycles. The highest BCUT2D eigenvalue weighted by Crippen LogP contribution is 2.35. The van der Waals surface area contributed by atoms with Crippen LogP contribution in [0.25, 0.3) is 10.2 Å². The summed E-state index contributed by atoms with van der Waals surface area (Å²) in [5, 5.41) is 7.53. The molecular weight excluding hydrogens is 396 g/mol. The van der Waals surface area contributed by atoms with Crippen molar-refractivity contribution in [2.75, 3.05) is 11.1 Å². The fraction of sp³-hybridized carbons (Fsp3) is 0.474. The highest BCUT2D eigenvalue weighted by Gasteiger charge is 2.19. The number of hydrogen-bond donors (Lipinski definition) is 1. The third-order valence-electron chi connectivity index (χ3n) is 4.22. The number of amides is 1. The molecule has 1 N–H and O–H groups in total. The molecule has 0 aliphatic rings. The van der Waals surface area contributed by atoms with E-state index >= 15 is 0 Å². The van der Waals surface area contributed by atoms with Gasteiger partial charge in [0.15, 0.2) is 5.13 Å². The summed E-state index contributed by atoms with van der Waals surface area (Å²) in [6, 6.07) is 0. The van der Waals surface area contributed by atoms with E-state index in [0.29, 0.717) is 10.9 Å². The Balaban J connectivity index is 1.74. The van der Waals surface area contributed by atoms with E-state index in [1.54, 1.807) is 11.3 Å². The number of fused-ring (bicyclic) bond motifs is 1. The molecule has 3 aromatic rings.